The van der Waals surface area contributed by atoms with E-state index in [1.165, 1.54) is 12.4 Å². The molecule has 3 aliphatic rings. The SMILES string of the molecule is C=CC(=O)Nc1cc(Nc2cc(N3OCCC3c3ccc(Cl)c(Cl)c3F)ncn2)c(OC)cc1N1CCC(N2CCN(C)CC2)CC1. The second-order valence-electron chi connectivity index (χ2n) is 11.9. The van der Waals surface area contributed by atoms with Crippen LogP contribution in [0.4, 0.5) is 33.1 Å². The normalized spacial score (nSPS) is 19.6. The number of hydroxylamine groups is 1. The topological polar surface area (TPSA) is 98.3 Å². The average Bonchev–Trinajstić information content (AvgIpc) is 3.58. The summed E-state index contributed by atoms with van der Waals surface area (Å²) in [5.41, 5.74) is 2.45. The van der Waals surface area contributed by atoms with Crippen molar-refractivity contribution in [3.05, 3.63) is 70.7 Å². The zero-order valence-corrected chi connectivity index (χ0v) is 28.0. The summed E-state index contributed by atoms with van der Waals surface area (Å²) in [7, 11) is 3.78. The number of nitrogens with one attached hydrogen (secondary N) is 2. The summed E-state index contributed by atoms with van der Waals surface area (Å²) in [4.78, 5) is 34.5. The van der Waals surface area contributed by atoms with Gasteiger partial charge in [-0.1, -0.05) is 35.8 Å². The van der Waals surface area contributed by atoms with Crippen LogP contribution in [0.25, 0.3) is 0 Å². The van der Waals surface area contributed by atoms with Crippen LogP contribution in [0, 0.1) is 5.82 Å². The number of hydrogen-bond acceptors (Lipinski definition) is 10. The van der Waals surface area contributed by atoms with Crippen LogP contribution < -0.4 is 25.3 Å². The van der Waals surface area contributed by atoms with Crippen molar-refractivity contribution < 1.29 is 18.8 Å². The summed E-state index contributed by atoms with van der Waals surface area (Å²) in [6.45, 7) is 10.1. The first-order chi connectivity index (χ1) is 22.7. The van der Waals surface area contributed by atoms with Crippen molar-refractivity contribution in [1.82, 2.24) is 19.8 Å². The molecule has 1 unspecified atom stereocenters. The van der Waals surface area contributed by atoms with E-state index in [9.17, 15) is 4.79 Å². The highest BCUT2D eigenvalue weighted by Crippen LogP contribution is 2.41. The first kappa shape index (κ1) is 33.2. The molecule has 3 saturated heterocycles. The first-order valence-electron chi connectivity index (χ1n) is 15.7. The molecule has 4 heterocycles. The molecule has 0 saturated carbocycles. The minimum Gasteiger partial charge on any atom is -0.494 e. The molecule has 0 aliphatic carbocycles. The molecule has 6 rings (SSSR count). The number of carbonyl (C=O) groups is 1. The molecule has 250 valence electrons. The number of ether oxygens (including phenoxy) is 1. The van der Waals surface area contributed by atoms with Gasteiger partial charge in [0.2, 0.25) is 5.91 Å². The molecule has 3 aromatic rings. The third-order valence-corrected chi connectivity index (χ3v) is 9.87. The molecule has 47 heavy (non-hydrogen) atoms. The maximum atomic E-state index is 15.1. The zero-order chi connectivity index (χ0) is 33.1. The van der Waals surface area contributed by atoms with Crippen LogP contribution in [-0.4, -0.2) is 91.7 Å². The number of nitrogens with zero attached hydrogens (tertiary/aromatic N) is 6. The molecule has 1 atom stereocenters. The fourth-order valence-electron chi connectivity index (χ4n) is 6.49. The second kappa shape index (κ2) is 14.6. The summed E-state index contributed by atoms with van der Waals surface area (Å²) < 4.78 is 20.9. The lowest BCUT2D eigenvalue weighted by Gasteiger charge is -2.43. The predicted octanol–water partition coefficient (Wildman–Crippen LogP) is 5.90. The number of aromatic nitrogens is 2. The second-order valence-corrected chi connectivity index (χ2v) is 12.7. The lowest BCUT2D eigenvalue weighted by molar-refractivity contribution is -0.111. The van der Waals surface area contributed by atoms with Gasteiger partial charge in [0.25, 0.3) is 0 Å². The number of likely N-dealkylation sites (N-methyl/N-ethyl adjacent to an activating group) is 1. The van der Waals surface area contributed by atoms with Gasteiger partial charge in [-0.3, -0.25) is 14.5 Å². The zero-order valence-electron chi connectivity index (χ0n) is 26.5. The number of hydrogen-bond donors (Lipinski definition) is 2. The maximum absolute atomic E-state index is 15.1. The third kappa shape index (κ3) is 7.26. The van der Waals surface area contributed by atoms with Crippen LogP contribution in [0.2, 0.25) is 10.0 Å². The molecule has 1 amide bonds. The van der Waals surface area contributed by atoms with E-state index < -0.39 is 11.9 Å². The van der Waals surface area contributed by atoms with Gasteiger partial charge in [-0.25, -0.2) is 19.4 Å². The van der Waals surface area contributed by atoms with E-state index in [2.05, 4.69) is 48.9 Å². The van der Waals surface area contributed by atoms with Crippen molar-refractivity contribution in [2.75, 3.05) is 80.6 Å². The Morgan fingerprint density at radius 2 is 1.83 bits per heavy atom. The standard InChI is InChI=1S/C33H39Cl2FN8O3/c1-4-31(45)40-24-17-25(28(46-3)18-27(24)43-10-7-21(8-11-43)42-14-12-41(2)13-15-42)39-29-19-30(38-20-37-29)44-26(9-16-47-44)22-5-6-23(34)32(35)33(22)36/h4-6,17-21,26H,1,7-16H2,2-3H3,(H,40,45)(H,37,38,39). The van der Waals surface area contributed by atoms with Gasteiger partial charge in [0.15, 0.2) is 5.82 Å². The van der Waals surface area contributed by atoms with Gasteiger partial charge < -0.3 is 25.2 Å². The number of carbonyl (C=O) groups excluding carboxylic acids is 1. The van der Waals surface area contributed by atoms with Gasteiger partial charge >= 0.3 is 0 Å². The number of benzene rings is 2. The Labute approximate surface area is 284 Å². The number of piperazine rings is 1. The Morgan fingerprint density at radius 1 is 1.06 bits per heavy atom. The highest BCUT2D eigenvalue weighted by Gasteiger charge is 2.33. The Kier molecular flexibility index (Phi) is 10.3. The fraction of sp³-hybridized carbons (Fsp3) is 0.424. The molecule has 0 radical (unpaired) electrons. The minimum atomic E-state index is -0.588. The van der Waals surface area contributed by atoms with Gasteiger partial charge in [-0.05, 0) is 38.1 Å². The van der Waals surface area contributed by atoms with Gasteiger partial charge in [0.1, 0.15) is 23.7 Å². The molecule has 0 bridgehead atoms. The van der Waals surface area contributed by atoms with E-state index >= 15 is 4.39 Å². The van der Waals surface area contributed by atoms with E-state index in [0.29, 0.717) is 53.4 Å². The Morgan fingerprint density at radius 3 is 2.55 bits per heavy atom. The summed E-state index contributed by atoms with van der Waals surface area (Å²) in [6.07, 6.45) is 5.25. The van der Waals surface area contributed by atoms with Crippen molar-refractivity contribution in [3.8, 4) is 5.75 Å². The van der Waals surface area contributed by atoms with E-state index in [4.69, 9.17) is 32.8 Å². The molecule has 3 fully saturated rings. The van der Waals surface area contributed by atoms with Crippen molar-refractivity contribution in [2.45, 2.75) is 31.3 Å². The van der Waals surface area contributed by atoms with Crippen LogP contribution in [-0.2, 0) is 9.63 Å². The summed E-state index contributed by atoms with van der Waals surface area (Å²) in [6, 6.07) is 8.73. The van der Waals surface area contributed by atoms with E-state index in [-0.39, 0.29) is 16.0 Å². The maximum Gasteiger partial charge on any atom is 0.247 e. The number of amides is 1. The highest BCUT2D eigenvalue weighted by atomic mass is 35.5. The molecular weight excluding hydrogens is 646 g/mol. The van der Waals surface area contributed by atoms with E-state index in [1.807, 2.05) is 12.1 Å². The van der Waals surface area contributed by atoms with Crippen molar-refractivity contribution in [2.24, 2.45) is 0 Å². The number of piperidine rings is 1. The average molecular weight is 686 g/mol. The predicted molar refractivity (Wildman–Crippen MR) is 184 cm³/mol. The van der Waals surface area contributed by atoms with Gasteiger partial charge in [0.05, 0.1) is 46.9 Å². The third-order valence-electron chi connectivity index (χ3n) is 9.09. The lowest BCUT2D eigenvalue weighted by atomic mass is 10.0. The van der Waals surface area contributed by atoms with Crippen LogP contribution in [0.3, 0.4) is 0 Å². The van der Waals surface area contributed by atoms with E-state index in [0.717, 1.165) is 57.8 Å². The number of rotatable bonds is 9. The summed E-state index contributed by atoms with van der Waals surface area (Å²) >= 11 is 12.1. The van der Waals surface area contributed by atoms with Gasteiger partial charge in [0, 0.05) is 69.4 Å². The molecule has 11 nitrogen and oxygen atoms in total. The molecule has 3 aliphatic heterocycles. The van der Waals surface area contributed by atoms with Crippen LogP contribution in [0.15, 0.2) is 49.3 Å². The first-order valence-corrected chi connectivity index (χ1v) is 16.5. The molecular formula is C33H39Cl2FN8O3. The lowest BCUT2D eigenvalue weighted by Crippen LogP contribution is -2.52. The summed E-state index contributed by atoms with van der Waals surface area (Å²) in [5.74, 6) is 0.541. The summed E-state index contributed by atoms with van der Waals surface area (Å²) in [5, 5.41) is 7.86. The fourth-order valence-corrected chi connectivity index (χ4v) is 6.81. The molecule has 1 aromatic heterocycles. The molecule has 14 heteroatoms. The Balaban J connectivity index is 1.23. The van der Waals surface area contributed by atoms with Crippen LogP contribution >= 0.6 is 23.2 Å². The van der Waals surface area contributed by atoms with Gasteiger partial charge in [-0.2, -0.15) is 0 Å². The number of halogens is 3. The molecule has 2 aromatic carbocycles. The molecule has 0 spiro atoms. The van der Waals surface area contributed by atoms with Crippen LogP contribution in [0.1, 0.15) is 30.9 Å². The Hall–Kier alpha value is -3.68. The smallest absolute Gasteiger partial charge is 0.247 e. The largest absolute Gasteiger partial charge is 0.494 e. The van der Waals surface area contributed by atoms with Crippen LogP contribution in [0.5, 0.6) is 5.75 Å². The van der Waals surface area contributed by atoms with Crippen molar-refractivity contribution in [1.29, 1.82) is 0 Å². The quantitative estimate of drug-likeness (QED) is 0.210. The Bertz CT molecular complexity index is 1610. The van der Waals surface area contributed by atoms with Gasteiger partial charge in [-0.15, -0.1) is 0 Å². The monoisotopic (exact) mass is 684 g/mol. The number of methoxy groups -OCH3 is 1. The molecule has 2 N–H and O–H groups in total. The highest BCUT2D eigenvalue weighted by molar-refractivity contribution is 6.42. The minimum absolute atomic E-state index is 0.129. The van der Waals surface area contributed by atoms with Crippen molar-refractivity contribution >= 4 is 57.8 Å². The van der Waals surface area contributed by atoms with E-state index in [1.54, 1.807) is 30.4 Å². The van der Waals surface area contributed by atoms with Crippen molar-refractivity contribution in [3.63, 3.8) is 0 Å². The number of anilines is 5.